The molecule has 0 atom stereocenters. The standard InChI is InChI=1S/C2H7N3/c3-1-2-5-4/h1-2,5H,3-4H2/b2-1-. The maximum Gasteiger partial charge on any atom is 0.0278 e. The minimum atomic E-state index is 1.32. The average molecular weight is 73.1 g/mol. The van der Waals surface area contributed by atoms with Crippen molar-refractivity contribution in [1.82, 2.24) is 5.43 Å². The summed E-state index contributed by atoms with van der Waals surface area (Å²) in [6, 6.07) is 0. The lowest BCUT2D eigenvalue weighted by Crippen LogP contribution is -2.13. The first-order valence-electron chi connectivity index (χ1n) is 1.24. The zero-order valence-electron chi connectivity index (χ0n) is 2.81. The Bertz CT molecular complexity index is 31.9. The Hall–Kier alpha value is -0.700. The van der Waals surface area contributed by atoms with Gasteiger partial charge in [0.05, 0.1) is 0 Å². The van der Waals surface area contributed by atoms with Gasteiger partial charge in [0, 0.05) is 12.4 Å². The van der Waals surface area contributed by atoms with Gasteiger partial charge >= 0.3 is 0 Å². The molecular formula is C2H7N3. The van der Waals surface area contributed by atoms with E-state index in [1.807, 2.05) is 0 Å². The molecule has 5 N–H and O–H groups in total. The van der Waals surface area contributed by atoms with Gasteiger partial charge in [-0.25, -0.2) is 0 Å². The molecule has 0 unspecified atom stereocenters. The van der Waals surface area contributed by atoms with E-state index in [-0.39, 0.29) is 0 Å². The van der Waals surface area contributed by atoms with Crippen molar-refractivity contribution in [2.75, 3.05) is 0 Å². The van der Waals surface area contributed by atoms with Crippen LogP contribution in [0.5, 0.6) is 0 Å². The lowest BCUT2D eigenvalue weighted by Gasteiger charge is -1.76. The minimum Gasteiger partial charge on any atom is -0.403 e. The third kappa shape index (κ3) is 3.30. The maximum absolute atomic E-state index is 4.82. The predicted octanol–water partition coefficient (Wildman–Crippen LogP) is -1.12. The van der Waals surface area contributed by atoms with Crippen LogP contribution in [0.2, 0.25) is 0 Å². The predicted molar refractivity (Wildman–Crippen MR) is 20.7 cm³/mol. The smallest absolute Gasteiger partial charge is 0.0278 e. The maximum atomic E-state index is 4.82. The third-order valence-electron chi connectivity index (χ3n) is 0.192. The summed E-state index contributed by atoms with van der Waals surface area (Å²) in [5.41, 5.74) is 7.03. The van der Waals surface area contributed by atoms with Crippen LogP contribution in [-0.4, -0.2) is 0 Å². The normalized spacial score (nSPS) is 9.00. The summed E-state index contributed by atoms with van der Waals surface area (Å²) in [7, 11) is 0. The van der Waals surface area contributed by atoms with Gasteiger partial charge in [-0.15, -0.1) is 0 Å². The summed E-state index contributed by atoms with van der Waals surface area (Å²) < 4.78 is 0. The van der Waals surface area contributed by atoms with E-state index in [0.29, 0.717) is 0 Å². The third-order valence-corrected chi connectivity index (χ3v) is 0.192. The van der Waals surface area contributed by atoms with Crippen molar-refractivity contribution in [2.45, 2.75) is 0 Å². The van der Waals surface area contributed by atoms with Crippen molar-refractivity contribution < 1.29 is 0 Å². The van der Waals surface area contributed by atoms with Gasteiger partial charge in [-0.3, -0.25) is 5.84 Å². The Balaban J connectivity index is 2.62. The lowest BCUT2D eigenvalue weighted by atomic mass is 11.0. The van der Waals surface area contributed by atoms with E-state index >= 15 is 0 Å². The fourth-order valence-electron chi connectivity index (χ4n) is 0.0556. The summed E-state index contributed by atoms with van der Waals surface area (Å²) in [6.45, 7) is 0. The zero-order valence-corrected chi connectivity index (χ0v) is 2.81. The van der Waals surface area contributed by atoms with Gasteiger partial charge in [0.15, 0.2) is 0 Å². The van der Waals surface area contributed by atoms with Gasteiger partial charge < -0.3 is 11.2 Å². The van der Waals surface area contributed by atoms with Crippen LogP contribution < -0.4 is 17.0 Å². The zero-order chi connectivity index (χ0) is 4.12. The summed E-state index contributed by atoms with van der Waals surface area (Å²) in [5.74, 6) is 4.72. The summed E-state index contributed by atoms with van der Waals surface area (Å²) >= 11 is 0. The molecule has 30 valence electrons. The second-order valence-corrected chi connectivity index (χ2v) is 0.526. The molecule has 3 heteroatoms. The average Bonchev–Trinajstić information content (AvgIpc) is 1.41. The van der Waals surface area contributed by atoms with E-state index < -0.39 is 0 Å². The number of hydrogen-bond acceptors (Lipinski definition) is 3. The van der Waals surface area contributed by atoms with Gasteiger partial charge in [-0.05, 0) is 0 Å². The highest BCUT2D eigenvalue weighted by Gasteiger charge is 1.44. The Morgan fingerprint density at radius 2 is 2.20 bits per heavy atom. The molecule has 0 aromatic carbocycles. The molecule has 0 saturated carbocycles. The molecule has 0 aromatic heterocycles. The van der Waals surface area contributed by atoms with Crippen LogP contribution in [0.1, 0.15) is 0 Å². The van der Waals surface area contributed by atoms with E-state index in [9.17, 15) is 0 Å². The summed E-state index contributed by atoms with van der Waals surface area (Å²) in [5, 5.41) is 0. The van der Waals surface area contributed by atoms with Crippen LogP contribution in [0, 0.1) is 0 Å². The molecule has 0 aromatic rings. The Labute approximate surface area is 30.6 Å². The number of nitrogens with one attached hydrogen (secondary N) is 1. The SMILES string of the molecule is N/C=C\NN. The van der Waals surface area contributed by atoms with Crippen LogP contribution in [-0.2, 0) is 0 Å². The van der Waals surface area contributed by atoms with E-state index in [2.05, 4.69) is 5.43 Å². The second-order valence-electron chi connectivity index (χ2n) is 0.526. The Kier molecular flexibility index (Phi) is 2.84. The molecule has 3 nitrogen and oxygen atoms in total. The van der Waals surface area contributed by atoms with Gasteiger partial charge in [0.2, 0.25) is 0 Å². The highest BCUT2D eigenvalue weighted by atomic mass is 15.2. The topological polar surface area (TPSA) is 64.1 Å². The van der Waals surface area contributed by atoms with Crippen LogP contribution in [0.15, 0.2) is 12.4 Å². The summed E-state index contributed by atoms with van der Waals surface area (Å²) in [6.07, 6.45) is 2.75. The quantitative estimate of drug-likeness (QED) is 0.272. The van der Waals surface area contributed by atoms with E-state index in [0.717, 1.165) is 0 Å². The molecule has 5 heavy (non-hydrogen) atoms. The van der Waals surface area contributed by atoms with Crippen molar-refractivity contribution in [2.24, 2.45) is 11.6 Å². The molecule has 0 radical (unpaired) electrons. The number of hydrogen-bond donors (Lipinski definition) is 3. The fourth-order valence-corrected chi connectivity index (χ4v) is 0.0556. The minimum absolute atomic E-state index is 1.32. The molecule has 0 saturated heterocycles. The molecule has 0 spiro atoms. The highest BCUT2D eigenvalue weighted by Crippen LogP contribution is 1.38. The Morgan fingerprint density at radius 3 is 2.20 bits per heavy atom. The largest absolute Gasteiger partial charge is 0.403 e. The molecule has 0 aliphatic heterocycles. The number of rotatable bonds is 1. The van der Waals surface area contributed by atoms with Crippen LogP contribution in [0.25, 0.3) is 0 Å². The van der Waals surface area contributed by atoms with Crippen molar-refractivity contribution >= 4 is 0 Å². The molecular weight excluding hydrogens is 66.0 g/mol. The number of nitrogens with two attached hydrogens (primary N) is 2. The van der Waals surface area contributed by atoms with Gasteiger partial charge in [0.1, 0.15) is 0 Å². The first kappa shape index (κ1) is 4.30. The van der Waals surface area contributed by atoms with Crippen LogP contribution in [0.4, 0.5) is 0 Å². The van der Waals surface area contributed by atoms with Crippen molar-refractivity contribution in [1.29, 1.82) is 0 Å². The molecule has 0 amide bonds. The highest BCUT2D eigenvalue weighted by molar-refractivity contribution is 4.67. The van der Waals surface area contributed by atoms with Gasteiger partial charge in [-0.1, -0.05) is 0 Å². The van der Waals surface area contributed by atoms with Gasteiger partial charge in [0.25, 0.3) is 0 Å². The molecule has 0 fully saturated rings. The van der Waals surface area contributed by atoms with E-state index in [1.54, 1.807) is 0 Å². The van der Waals surface area contributed by atoms with Crippen LogP contribution in [0.3, 0.4) is 0 Å². The Morgan fingerprint density at radius 1 is 1.60 bits per heavy atom. The van der Waals surface area contributed by atoms with E-state index in [4.69, 9.17) is 11.6 Å². The van der Waals surface area contributed by atoms with Crippen molar-refractivity contribution in [3.05, 3.63) is 12.4 Å². The van der Waals surface area contributed by atoms with Crippen molar-refractivity contribution in [3.63, 3.8) is 0 Å². The molecule has 0 aliphatic rings. The molecule has 0 aliphatic carbocycles. The number of hydrazine groups is 1. The molecule has 0 heterocycles. The first-order valence-corrected chi connectivity index (χ1v) is 1.24. The fraction of sp³-hybridized carbons (Fsp3) is 0. The molecule has 0 bridgehead atoms. The van der Waals surface area contributed by atoms with Crippen molar-refractivity contribution in [3.8, 4) is 0 Å². The van der Waals surface area contributed by atoms with Gasteiger partial charge in [-0.2, -0.15) is 0 Å². The summed E-state index contributed by atoms with van der Waals surface area (Å²) in [4.78, 5) is 0. The first-order chi connectivity index (χ1) is 2.41. The molecule has 0 rings (SSSR count). The lowest BCUT2D eigenvalue weighted by molar-refractivity contribution is 0.963. The second kappa shape index (κ2) is 3.30. The monoisotopic (exact) mass is 73.1 g/mol. The van der Waals surface area contributed by atoms with Crippen LogP contribution >= 0.6 is 0 Å². The van der Waals surface area contributed by atoms with E-state index in [1.165, 1.54) is 12.4 Å².